The third-order valence-electron chi connectivity index (χ3n) is 4.63. The molecule has 2 atom stereocenters. The maximum atomic E-state index is 13.4. The quantitative estimate of drug-likeness (QED) is 0.425. The summed E-state index contributed by atoms with van der Waals surface area (Å²) in [5.41, 5.74) is 0.783. The lowest BCUT2D eigenvalue weighted by atomic mass is 9.95. The first-order valence-corrected chi connectivity index (χ1v) is 10.1. The SMILES string of the molecule is CCOC(=O)C(C)C(N=C(c1nccs1)N1CCCC1)c1ccc(F)cc1. The van der Waals surface area contributed by atoms with Crippen LogP contribution in [0.4, 0.5) is 4.39 Å². The number of benzene rings is 1. The molecule has 1 fully saturated rings. The standard InChI is InChI=1S/C20H24FN3O2S/c1-3-26-20(25)14(2)17(15-6-8-16(21)9-7-15)23-18(19-22-10-13-27-19)24-11-4-5-12-24/h6-10,13-14,17H,3-5,11-12H2,1-2H3. The maximum Gasteiger partial charge on any atom is 0.311 e. The van der Waals surface area contributed by atoms with Gasteiger partial charge < -0.3 is 9.64 Å². The topological polar surface area (TPSA) is 54.8 Å². The van der Waals surface area contributed by atoms with E-state index in [9.17, 15) is 9.18 Å². The highest BCUT2D eigenvalue weighted by atomic mass is 32.1. The van der Waals surface area contributed by atoms with Crippen molar-refractivity contribution in [3.8, 4) is 0 Å². The summed E-state index contributed by atoms with van der Waals surface area (Å²) in [4.78, 5) is 24.0. The number of nitrogens with zero attached hydrogens (tertiary/aromatic N) is 3. The van der Waals surface area contributed by atoms with Gasteiger partial charge in [-0.2, -0.15) is 0 Å². The number of carbonyl (C=O) groups is 1. The fourth-order valence-corrected chi connectivity index (χ4v) is 3.86. The smallest absolute Gasteiger partial charge is 0.311 e. The van der Waals surface area contributed by atoms with Gasteiger partial charge in [0.2, 0.25) is 0 Å². The Labute approximate surface area is 162 Å². The molecular formula is C20H24FN3O2S. The molecule has 0 saturated carbocycles. The van der Waals surface area contributed by atoms with Gasteiger partial charge in [0, 0.05) is 24.7 Å². The lowest BCUT2D eigenvalue weighted by molar-refractivity contribution is -0.148. The molecule has 0 radical (unpaired) electrons. The van der Waals surface area contributed by atoms with Crippen molar-refractivity contribution in [2.75, 3.05) is 19.7 Å². The Morgan fingerprint density at radius 1 is 1.33 bits per heavy atom. The summed E-state index contributed by atoms with van der Waals surface area (Å²) in [6, 6.07) is 5.69. The van der Waals surface area contributed by atoms with E-state index in [-0.39, 0.29) is 11.8 Å². The van der Waals surface area contributed by atoms with Crippen LogP contribution >= 0.6 is 11.3 Å². The van der Waals surface area contributed by atoms with Crippen molar-refractivity contribution in [3.05, 3.63) is 52.2 Å². The molecule has 1 aromatic heterocycles. The van der Waals surface area contributed by atoms with Crippen molar-refractivity contribution >= 4 is 23.1 Å². The molecule has 0 amide bonds. The molecule has 2 heterocycles. The van der Waals surface area contributed by atoms with Crippen molar-refractivity contribution in [1.29, 1.82) is 0 Å². The second-order valence-electron chi connectivity index (χ2n) is 6.52. The number of halogens is 1. The Morgan fingerprint density at radius 2 is 2.04 bits per heavy atom. The number of ether oxygens (including phenoxy) is 1. The van der Waals surface area contributed by atoms with Crippen molar-refractivity contribution in [3.63, 3.8) is 0 Å². The number of hydrogen-bond acceptors (Lipinski definition) is 5. The molecule has 27 heavy (non-hydrogen) atoms. The molecule has 0 bridgehead atoms. The second-order valence-corrected chi connectivity index (χ2v) is 7.42. The summed E-state index contributed by atoms with van der Waals surface area (Å²) >= 11 is 1.53. The molecule has 0 aliphatic carbocycles. The molecule has 1 aliphatic heterocycles. The average molecular weight is 389 g/mol. The first kappa shape index (κ1) is 19.5. The minimum absolute atomic E-state index is 0.310. The minimum atomic E-state index is -0.493. The van der Waals surface area contributed by atoms with Crippen molar-refractivity contribution in [2.24, 2.45) is 10.9 Å². The van der Waals surface area contributed by atoms with Crippen LogP contribution in [0.5, 0.6) is 0 Å². The summed E-state index contributed by atoms with van der Waals surface area (Å²) in [6.45, 7) is 5.74. The zero-order valence-electron chi connectivity index (χ0n) is 15.6. The first-order valence-electron chi connectivity index (χ1n) is 9.25. The fourth-order valence-electron chi connectivity index (χ4n) is 3.20. The largest absolute Gasteiger partial charge is 0.466 e. The minimum Gasteiger partial charge on any atom is -0.466 e. The summed E-state index contributed by atoms with van der Waals surface area (Å²) in [5.74, 6) is -0.318. The van der Waals surface area contributed by atoms with Crippen LogP contribution in [-0.4, -0.2) is 41.4 Å². The molecule has 2 unspecified atom stereocenters. The number of carbonyl (C=O) groups excluding carboxylic acids is 1. The number of hydrogen-bond donors (Lipinski definition) is 0. The van der Waals surface area contributed by atoms with E-state index in [2.05, 4.69) is 9.88 Å². The Kier molecular flexibility index (Phi) is 6.55. The van der Waals surface area contributed by atoms with E-state index >= 15 is 0 Å². The van der Waals surface area contributed by atoms with Gasteiger partial charge in [-0.05, 0) is 44.4 Å². The van der Waals surface area contributed by atoms with Gasteiger partial charge in [0.1, 0.15) is 5.82 Å². The number of esters is 1. The van der Waals surface area contributed by atoms with Gasteiger partial charge in [0.05, 0.1) is 18.6 Å². The number of aromatic nitrogens is 1. The third-order valence-corrected chi connectivity index (χ3v) is 5.40. The van der Waals surface area contributed by atoms with Gasteiger partial charge in [-0.1, -0.05) is 12.1 Å². The maximum absolute atomic E-state index is 13.4. The monoisotopic (exact) mass is 389 g/mol. The van der Waals surface area contributed by atoms with Gasteiger partial charge >= 0.3 is 5.97 Å². The second kappa shape index (κ2) is 9.08. The number of aliphatic imine (C=N–C) groups is 1. The van der Waals surface area contributed by atoms with Gasteiger partial charge in [0.25, 0.3) is 0 Å². The van der Waals surface area contributed by atoms with E-state index in [0.29, 0.717) is 6.61 Å². The summed E-state index contributed by atoms with van der Waals surface area (Å²) in [7, 11) is 0. The van der Waals surface area contributed by atoms with Crippen LogP contribution < -0.4 is 0 Å². The Hall–Kier alpha value is -2.28. The van der Waals surface area contributed by atoms with Gasteiger partial charge in [0.15, 0.2) is 10.8 Å². The molecule has 1 saturated heterocycles. The zero-order valence-corrected chi connectivity index (χ0v) is 16.4. The summed E-state index contributed by atoms with van der Waals surface area (Å²) < 4.78 is 18.6. The van der Waals surface area contributed by atoms with Crippen molar-refractivity contribution in [2.45, 2.75) is 32.7 Å². The Balaban J connectivity index is 2.02. The lowest BCUT2D eigenvalue weighted by Gasteiger charge is -2.24. The molecule has 1 aliphatic rings. The predicted octanol–water partition coefficient (Wildman–Crippen LogP) is 4.07. The molecule has 7 heteroatoms. The van der Waals surface area contributed by atoms with E-state index in [1.165, 1.54) is 23.5 Å². The Bertz CT molecular complexity index is 771. The molecule has 3 rings (SSSR count). The normalized spacial score (nSPS) is 17.0. The van der Waals surface area contributed by atoms with E-state index in [1.807, 2.05) is 5.38 Å². The average Bonchev–Trinajstić information content (AvgIpc) is 3.37. The van der Waals surface area contributed by atoms with Gasteiger partial charge in [-0.15, -0.1) is 11.3 Å². The lowest BCUT2D eigenvalue weighted by Crippen LogP contribution is -2.31. The van der Waals surface area contributed by atoms with Crippen LogP contribution in [0.3, 0.4) is 0 Å². The van der Waals surface area contributed by atoms with Crippen LogP contribution in [0.25, 0.3) is 0 Å². The summed E-state index contributed by atoms with van der Waals surface area (Å²) in [5, 5.41) is 2.75. The molecule has 1 aromatic carbocycles. The van der Waals surface area contributed by atoms with Crippen molar-refractivity contribution < 1.29 is 13.9 Å². The highest BCUT2D eigenvalue weighted by Crippen LogP contribution is 2.30. The highest BCUT2D eigenvalue weighted by molar-refractivity contribution is 7.11. The number of rotatable bonds is 6. The van der Waals surface area contributed by atoms with E-state index in [0.717, 1.165) is 42.3 Å². The molecule has 0 N–H and O–H groups in total. The molecule has 2 aromatic rings. The third kappa shape index (κ3) is 4.71. The molecular weight excluding hydrogens is 365 g/mol. The van der Waals surface area contributed by atoms with Gasteiger partial charge in [-0.25, -0.2) is 9.37 Å². The number of likely N-dealkylation sites (tertiary alicyclic amines) is 1. The molecule has 144 valence electrons. The van der Waals surface area contributed by atoms with Crippen LogP contribution in [0, 0.1) is 11.7 Å². The first-order chi connectivity index (χ1) is 13.1. The molecule has 0 spiro atoms. The van der Waals surface area contributed by atoms with E-state index < -0.39 is 12.0 Å². The Morgan fingerprint density at radius 3 is 2.63 bits per heavy atom. The van der Waals surface area contributed by atoms with Gasteiger partial charge in [-0.3, -0.25) is 9.79 Å². The van der Waals surface area contributed by atoms with Crippen LogP contribution in [-0.2, 0) is 9.53 Å². The van der Waals surface area contributed by atoms with Crippen molar-refractivity contribution in [1.82, 2.24) is 9.88 Å². The fraction of sp³-hybridized carbons (Fsp3) is 0.450. The predicted molar refractivity (Wildman–Crippen MR) is 104 cm³/mol. The zero-order chi connectivity index (χ0) is 19.2. The number of amidine groups is 1. The highest BCUT2D eigenvalue weighted by Gasteiger charge is 2.29. The van der Waals surface area contributed by atoms with Crippen LogP contribution in [0.1, 0.15) is 43.3 Å². The van der Waals surface area contributed by atoms with E-state index in [1.54, 1.807) is 32.2 Å². The van der Waals surface area contributed by atoms with Crippen LogP contribution in [0.2, 0.25) is 0 Å². The summed E-state index contributed by atoms with van der Waals surface area (Å²) in [6.07, 6.45) is 3.98. The number of thiazole rings is 1. The van der Waals surface area contributed by atoms with E-state index in [4.69, 9.17) is 9.73 Å². The molecule has 5 nitrogen and oxygen atoms in total. The van der Waals surface area contributed by atoms with Crippen LogP contribution in [0.15, 0.2) is 40.8 Å².